The van der Waals surface area contributed by atoms with Gasteiger partial charge in [-0.1, -0.05) is 41.4 Å². The molecule has 0 atom stereocenters. The highest BCUT2D eigenvalue weighted by atomic mass is 35.5. The quantitative estimate of drug-likeness (QED) is 0.666. The Balaban J connectivity index is 1.51. The Hall–Kier alpha value is -1.80. The van der Waals surface area contributed by atoms with Crippen LogP contribution in [-0.2, 0) is 27.1 Å². The number of nitrogens with one attached hydrogen (secondary N) is 1. The van der Waals surface area contributed by atoms with E-state index in [1.807, 2.05) is 24.3 Å². The number of carbonyl (C=O) groups is 1. The van der Waals surface area contributed by atoms with E-state index in [0.717, 1.165) is 11.3 Å². The first-order valence-electron chi connectivity index (χ1n) is 9.61. The number of benzene rings is 2. The van der Waals surface area contributed by atoms with Gasteiger partial charge in [0, 0.05) is 25.6 Å². The van der Waals surface area contributed by atoms with Gasteiger partial charge < -0.3 is 10.1 Å². The minimum absolute atomic E-state index is 0.0562. The van der Waals surface area contributed by atoms with Crippen molar-refractivity contribution in [1.82, 2.24) is 9.62 Å². The molecule has 0 aliphatic carbocycles. The van der Waals surface area contributed by atoms with Gasteiger partial charge in [0.2, 0.25) is 15.9 Å². The Morgan fingerprint density at radius 3 is 2.50 bits per heavy atom. The topological polar surface area (TPSA) is 75.7 Å². The Bertz CT molecular complexity index is 1010. The molecule has 1 saturated heterocycles. The van der Waals surface area contributed by atoms with E-state index in [-0.39, 0.29) is 17.6 Å². The Kier molecular flexibility index (Phi) is 7.63. The number of rotatable bonds is 7. The second-order valence-corrected chi connectivity index (χ2v) is 10.0. The van der Waals surface area contributed by atoms with Gasteiger partial charge in [-0.05, 0) is 48.2 Å². The first-order valence-corrected chi connectivity index (χ1v) is 12.0. The molecule has 0 spiro atoms. The van der Waals surface area contributed by atoms with Crippen molar-refractivity contribution < 1.29 is 17.9 Å². The van der Waals surface area contributed by atoms with Crippen LogP contribution in [0.25, 0.3) is 0 Å². The molecule has 6 nitrogen and oxygen atoms in total. The maximum Gasteiger partial charge on any atom is 0.223 e. The predicted molar refractivity (Wildman–Crippen MR) is 118 cm³/mol. The Labute approximate surface area is 187 Å². The molecule has 1 aliphatic rings. The second kappa shape index (κ2) is 10.0. The van der Waals surface area contributed by atoms with Gasteiger partial charge in [-0.3, -0.25) is 4.79 Å². The van der Waals surface area contributed by atoms with Gasteiger partial charge in [0.05, 0.1) is 22.9 Å². The normalized spacial score (nSPS) is 15.7. The van der Waals surface area contributed by atoms with E-state index >= 15 is 0 Å². The largest absolute Gasteiger partial charge is 0.497 e. The van der Waals surface area contributed by atoms with Crippen molar-refractivity contribution in [2.75, 3.05) is 20.2 Å². The van der Waals surface area contributed by atoms with Gasteiger partial charge in [-0.15, -0.1) is 0 Å². The van der Waals surface area contributed by atoms with Gasteiger partial charge in [0.25, 0.3) is 0 Å². The first-order chi connectivity index (χ1) is 14.3. The van der Waals surface area contributed by atoms with Gasteiger partial charge >= 0.3 is 0 Å². The first kappa shape index (κ1) is 22.9. The van der Waals surface area contributed by atoms with Crippen LogP contribution in [0.2, 0.25) is 10.0 Å². The van der Waals surface area contributed by atoms with E-state index in [1.54, 1.807) is 25.3 Å². The van der Waals surface area contributed by atoms with Gasteiger partial charge in [0.15, 0.2) is 0 Å². The summed E-state index contributed by atoms with van der Waals surface area (Å²) >= 11 is 11.9. The van der Waals surface area contributed by atoms with Crippen LogP contribution in [-0.4, -0.2) is 38.8 Å². The molecular formula is C21H24Cl2N2O4S. The molecule has 1 amide bonds. The maximum atomic E-state index is 12.7. The zero-order valence-electron chi connectivity index (χ0n) is 16.6. The van der Waals surface area contributed by atoms with Crippen molar-refractivity contribution in [1.29, 1.82) is 0 Å². The lowest BCUT2D eigenvalue weighted by atomic mass is 9.97. The fourth-order valence-corrected chi connectivity index (χ4v) is 5.31. The summed E-state index contributed by atoms with van der Waals surface area (Å²) in [5.41, 5.74) is 1.53. The van der Waals surface area contributed by atoms with E-state index in [1.165, 1.54) is 4.31 Å². The molecule has 162 valence electrons. The smallest absolute Gasteiger partial charge is 0.223 e. The van der Waals surface area contributed by atoms with Crippen LogP contribution in [0, 0.1) is 5.92 Å². The highest BCUT2D eigenvalue weighted by molar-refractivity contribution is 7.88. The summed E-state index contributed by atoms with van der Waals surface area (Å²) in [6, 6.07) is 12.3. The summed E-state index contributed by atoms with van der Waals surface area (Å²) < 4.78 is 32.1. The number of methoxy groups -OCH3 is 1. The molecule has 0 bridgehead atoms. The Morgan fingerprint density at radius 2 is 1.83 bits per heavy atom. The zero-order valence-corrected chi connectivity index (χ0v) is 18.9. The Morgan fingerprint density at radius 1 is 1.10 bits per heavy atom. The average molecular weight is 471 g/mol. The lowest BCUT2D eigenvalue weighted by molar-refractivity contribution is -0.126. The van der Waals surface area contributed by atoms with Gasteiger partial charge in [-0.2, -0.15) is 0 Å². The van der Waals surface area contributed by atoms with Crippen LogP contribution in [0.1, 0.15) is 24.0 Å². The molecular weight excluding hydrogens is 447 g/mol. The number of nitrogens with zero attached hydrogens (tertiary/aromatic N) is 1. The molecule has 0 radical (unpaired) electrons. The van der Waals surface area contributed by atoms with Gasteiger partial charge in [0.1, 0.15) is 5.75 Å². The SMILES string of the molecule is COc1cccc(CNC(=O)C2CCN(S(=O)(=O)Cc3ccc(Cl)c(Cl)c3)CC2)c1. The second-order valence-electron chi connectivity index (χ2n) is 7.25. The molecule has 30 heavy (non-hydrogen) atoms. The predicted octanol–water partition coefficient (Wildman–Crippen LogP) is 3.86. The molecule has 0 aromatic heterocycles. The third kappa shape index (κ3) is 5.88. The maximum absolute atomic E-state index is 12.7. The third-order valence-corrected chi connectivity index (χ3v) is 7.74. The zero-order chi connectivity index (χ0) is 21.7. The number of piperidine rings is 1. The van der Waals surface area contributed by atoms with E-state index in [4.69, 9.17) is 27.9 Å². The average Bonchev–Trinajstić information content (AvgIpc) is 2.74. The van der Waals surface area contributed by atoms with Crippen molar-refractivity contribution in [2.45, 2.75) is 25.1 Å². The monoisotopic (exact) mass is 470 g/mol. The van der Waals surface area contributed by atoms with Crippen molar-refractivity contribution >= 4 is 39.1 Å². The molecule has 1 N–H and O–H groups in total. The van der Waals surface area contributed by atoms with Crippen LogP contribution >= 0.6 is 23.2 Å². The third-order valence-electron chi connectivity index (χ3n) is 5.15. The summed E-state index contributed by atoms with van der Waals surface area (Å²) in [4.78, 5) is 12.5. The lowest BCUT2D eigenvalue weighted by Crippen LogP contribution is -2.43. The van der Waals surface area contributed by atoms with E-state index in [0.29, 0.717) is 48.1 Å². The highest BCUT2D eigenvalue weighted by Crippen LogP contribution is 2.26. The van der Waals surface area contributed by atoms with Crippen LogP contribution in [0.5, 0.6) is 5.75 Å². The molecule has 0 unspecified atom stereocenters. The summed E-state index contributed by atoms with van der Waals surface area (Å²) in [6.45, 7) is 1.05. The molecule has 1 heterocycles. The van der Waals surface area contributed by atoms with Crippen molar-refractivity contribution in [3.05, 3.63) is 63.6 Å². The summed E-state index contributed by atoms with van der Waals surface area (Å²) in [7, 11) is -1.89. The van der Waals surface area contributed by atoms with E-state index in [9.17, 15) is 13.2 Å². The van der Waals surface area contributed by atoms with Gasteiger partial charge in [-0.25, -0.2) is 12.7 Å². The van der Waals surface area contributed by atoms with Crippen molar-refractivity contribution in [3.63, 3.8) is 0 Å². The standard InChI is InChI=1S/C21H24Cl2N2O4S/c1-29-18-4-2-3-15(11-18)13-24-21(26)17-7-9-25(10-8-17)30(27,28)14-16-5-6-19(22)20(23)12-16/h2-6,11-12,17H,7-10,13-14H2,1H3,(H,24,26). The number of amides is 1. The fourth-order valence-electron chi connectivity index (χ4n) is 3.44. The molecule has 2 aromatic rings. The number of halogens is 2. The van der Waals surface area contributed by atoms with Crippen LogP contribution in [0.15, 0.2) is 42.5 Å². The van der Waals surface area contributed by atoms with Crippen molar-refractivity contribution in [3.8, 4) is 5.75 Å². The molecule has 3 rings (SSSR count). The molecule has 2 aromatic carbocycles. The lowest BCUT2D eigenvalue weighted by Gasteiger charge is -2.30. The molecule has 1 fully saturated rings. The molecule has 1 aliphatic heterocycles. The molecule has 0 saturated carbocycles. The fraction of sp³-hybridized carbons (Fsp3) is 0.381. The number of sulfonamides is 1. The highest BCUT2D eigenvalue weighted by Gasteiger charge is 2.31. The van der Waals surface area contributed by atoms with Crippen LogP contribution in [0.4, 0.5) is 0 Å². The van der Waals surface area contributed by atoms with Crippen molar-refractivity contribution in [2.24, 2.45) is 5.92 Å². The summed E-state index contributed by atoms with van der Waals surface area (Å²) in [6.07, 6.45) is 0.981. The summed E-state index contributed by atoms with van der Waals surface area (Å²) in [5.74, 6) is 0.338. The number of hydrogen-bond acceptors (Lipinski definition) is 4. The number of hydrogen-bond donors (Lipinski definition) is 1. The van der Waals surface area contributed by atoms with E-state index in [2.05, 4.69) is 5.32 Å². The van der Waals surface area contributed by atoms with Crippen LogP contribution in [0.3, 0.4) is 0 Å². The molecule has 9 heteroatoms. The minimum atomic E-state index is -3.49. The summed E-state index contributed by atoms with van der Waals surface area (Å²) in [5, 5.41) is 3.65. The minimum Gasteiger partial charge on any atom is -0.497 e. The van der Waals surface area contributed by atoms with E-state index < -0.39 is 10.0 Å². The number of carbonyl (C=O) groups excluding carboxylic acids is 1. The number of ether oxygens (including phenoxy) is 1. The van der Waals surface area contributed by atoms with Crippen LogP contribution < -0.4 is 10.1 Å².